The summed E-state index contributed by atoms with van der Waals surface area (Å²) in [6, 6.07) is 0. The van der Waals surface area contributed by atoms with Crippen LogP contribution >= 0.6 is 0 Å². The summed E-state index contributed by atoms with van der Waals surface area (Å²) in [6.45, 7) is 5.48. The molecule has 1 aliphatic carbocycles. The van der Waals surface area contributed by atoms with Gasteiger partial charge in [-0.2, -0.15) is 0 Å². The third-order valence-electron chi connectivity index (χ3n) is 3.41. The van der Waals surface area contributed by atoms with E-state index in [0.717, 1.165) is 64.3 Å². The second-order valence-corrected chi connectivity index (χ2v) is 5.27. The fourth-order valence-corrected chi connectivity index (χ4v) is 2.11. The molecular formula is C17H30O3. The summed E-state index contributed by atoms with van der Waals surface area (Å²) < 4.78 is 16.4. The fourth-order valence-electron chi connectivity index (χ4n) is 2.11. The zero-order valence-electron chi connectivity index (χ0n) is 13.2. The lowest BCUT2D eigenvalue weighted by Crippen LogP contribution is -2.05. The van der Waals surface area contributed by atoms with E-state index in [-0.39, 0.29) is 0 Å². The van der Waals surface area contributed by atoms with Crippen molar-refractivity contribution in [2.75, 3.05) is 33.5 Å². The number of hydrogen-bond acceptors (Lipinski definition) is 3. The molecule has 0 unspecified atom stereocenters. The molecule has 0 atom stereocenters. The van der Waals surface area contributed by atoms with Crippen molar-refractivity contribution in [3.8, 4) is 0 Å². The molecule has 0 spiro atoms. The minimum Gasteiger partial charge on any atom is -0.498 e. The Hall–Kier alpha value is -0.800. The molecule has 0 saturated heterocycles. The molecule has 0 aromatic heterocycles. The second kappa shape index (κ2) is 12.0. The Morgan fingerprint density at radius 2 is 1.75 bits per heavy atom. The van der Waals surface area contributed by atoms with Gasteiger partial charge in [0.05, 0.1) is 19.0 Å². The Balaban J connectivity index is 2.07. The highest BCUT2D eigenvalue weighted by molar-refractivity contribution is 5.21. The topological polar surface area (TPSA) is 27.7 Å². The predicted octanol–water partition coefficient (Wildman–Crippen LogP) is 4.24. The van der Waals surface area contributed by atoms with Gasteiger partial charge in [-0.1, -0.05) is 25.8 Å². The zero-order valence-corrected chi connectivity index (χ0v) is 13.2. The van der Waals surface area contributed by atoms with Gasteiger partial charge in [-0.3, -0.25) is 0 Å². The van der Waals surface area contributed by atoms with Crippen molar-refractivity contribution in [1.29, 1.82) is 0 Å². The number of methoxy groups -OCH3 is 1. The van der Waals surface area contributed by atoms with Crippen molar-refractivity contribution in [3.05, 3.63) is 23.5 Å². The van der Waals surface area contributed by atoms with E-state index in [1.807, 2.05) is 0 Å². The van der Waals surface area contributed by atoms with E-state index in [1.165, 1.54) is 18.4 Å². The first-order valence-corrected chi connectivity index (χ1v) is 7.95. The maximum Gasteiger partial charge on any atom is 0.0962 e. The largest absolute Gasteiger partial charge is 0.498 e. The van der Waals surface area contributed by atoms with Gasteiger partial charge in [0.2, 0.25) is 0 Å². The van der Waals surface area contributed by atoms with E-state index in [0.29, 0.717) is 0 Å². The third-order valence-corrected chi connectivity index (χ3v) is 3.41. The molecule has 20 heavy (non-hydrogen) atoms. The number of unbranched alkanes of at least 4 members (excludes halogenated alkanes) is 3. The molecule has 0 N–H and O–H groups in total. The molecule has 0 radical (unpaired) electrons. The molecule has 0 fully saturated rings. The minimum absolute atomic E-state index is 0.757. The fraction of sp³-hybridized carbons (Fsp3) is 0.765. The average molecular weight is 282 g/mol. The maximum absolute atomic E-state index is 5.77. The van der Waals surface area contributed by atoms with E-state index in [4.69, 9.17) is 14.2 Å². The van der Waals surface area contributed by atoms with Gasteiger partial charge < -0.3 is 14.2 Å². The number of ether oxygens (including phenoxy) is 3. The molecule has 0 heterocycles. The highest BCUT2D eigenvalue weighted by atomic mass is 16.5. The molecule has 0 aliphatic heterocycles. The summed E-state index contributed by atoms with van der Waals surface area (Å²) in [5.74, 6) is 1.13. The smallest absolute Gasteiger partial charge is 0.0962 e. The summed E-state index contributed by atoms with van der Waals surface area (Å²) in [5.41, 5.74) is 1.37. The summed E-state index contributed by atoms with van der Waals surface area (Å²) >= 11 is 0. The van der Waals surface area contributed by atoms with Crippen LogP contribution in [-0.2, 0) is 14.2 Å². The molecule has 116 valence electrons. The normalized spacial score (nSPS) is 14.9. The SMILES string of the molecule is CCCCCOC1=CC=C(COCCCCOC)CC1. The first-order valence-electron chi connectivity index (χ1n) is 7.95. The van der Waals surface area contributed by atoms with E-state index >= 15 is 0 Å². The summed E-state index contributed by atoms with van der Waals surface area (Å²) in [7, 11) is 1.74. The Labute approximate surface area is 124 Å². The predicted molar refractivity (Wildman–Crippen MR) is 82.8 cm³/mol. The van der Waals surface area contributed by atoms with Crippen molar-refractivity contribution in [2.45, 2.75) is 51.9 Å². The Bertz CT molecular complexity index is 295. The number of allylic oxidation sites excluding steroid dienone is 3. The molecular weight excluding hydrogens is 252 g/mol. The van der Waals surface area contributed by atoms with Crippen LogP contribution in [-0.4, -0.2) is 33.5 Å². The lowest BCUT2D eigenvalue weighted by Gasteiger charge is -2.16. The molecule has 0 saturated carbocycles. The Kier molecular flexibility index (Phi) is 10.3. The van der Waals surface area contributed by atoms with Gasteiger partial charge in [0, 0.05) is 26.7 Å². The molecule has 1 rings (SSSR count). The standard InChI is InChI=1S/C17H30O3/c1-3-4-5-14-20-17-10-8-16(9-11-17)15-19-13-7-6-12-18-2/h8,10H,3-7,9,11-15H2,1-2H3. The van der Waals surface area contributed by atoms with Crippen LogP contribution in [0.3, 0.4) is 0 Å². The average Bonchev–Trinajstić information content (AvgIpc) is 2.49. The van der Waals surface area contributed by atoms with Crippen LogP contribution in [0, 0.1) is 0 Å². The minimum atomic E-state index is 0.757. The molecule has 0 aromatic carbocycles. The maximum atomic E-state index is 5.77. The van der Waals surface area contributed by atoms with Crippen LogP contribution in [0.25, 0.3) is 0 Å². The lowest BCUT2D eigenvalue weighted by molar-refractivity contribution is 0.132. The highest BCUT2D eigenvalue weighted by Gasteiger charge is 2.07. The number of hydrogen-bond donors (Lipinski definition) is 0. The number of rotatable bonds is 12. The Morgan fingerprint density at radius 1 is 0.950 bits per heavy atom. The van der Waals surface area contributed by atoms with Crippen LogP contribution in [0.1, 0.15) is 51.9 Å². The van der Waals surface area contributed by atoms with Crippen LogP contribution < -0.4 is 0 Å². The quantitative estimate of drug-likeness (QED) is 0.501. The second-order valence-electron chi connectivity index (χ2n) is 5.27. The van der Waals surface area contributed by atoms with Gasteiger partial charge in [0.15, 0.2) is 0 Å². The summed E-state index contributed by atoms with van der Waals surface area (Å²) in [4.78, 5) is 0. The molecule has 3 nitrogen and oxygen atoms in total. The first-order chi connectivity index (χ1) is 9.86. The zero-order chi connectivity index (χ0) is 14.5. The highest BCUT2D eigenvalue weighted by Crippen LogP contribution is 2.19. The molecule has 0 bridgehead atoms. The van der Waals surface area contributed by atoms with E-state index in [9.17, 15) is 0 Å². The van der Waals surface area contributed by atoms with Crippen molar-refractivity contribution in [2.24, 2.45) is 0 Å². The Morgan fingerprint density at radius 3 is 2.45 bits per heavy atom. The van der Waals surface area contributed by atoms with E-state index < -0.39 is 0 Å². The van der Waals surface area contributed by atoms with E-state index in [2.05, 4.69) is 19.1 Å². The van der Waals surface area contributed by atoms with Gasteiger partial charge in [0.25, 0.3) is 0 Å². The van der Waals surface area contributed by atoms with E-state index in [1.54, 1.807) is 7.11 Å². The monoisotopic (exact) mass is 282 g/mol. The molecule has 0 amide bonds. The van der Waals surface area contributed by atoms with Crippen LogP contribution in [0.15, 0.2) is 23.5 Å². The van der Waals surface area contributed by atoms with Crippen molar-refractivity contribution < 1.29 is 14.2 Å². The van der Waals surface area contributed by atoms with Gasteiger partial charge in [-0.05, 0) is 37.3 Å². The van der Waals surface area contributed by atoms with Gasteiger partial charge >= 0.3 is 0 Å². The third kappa shape index (κ3) is 8.39. The van der Waals surface area contributed by atoms with Crippen LogP contribution in [0.5, 0.6) is 0 Å². The summed E-state index contributed by atoms with van der Waals surface area (Å²) in [6.07, 6.45) is 12.2. The molecule has 1 aliphatic rings. The molecule has 0 aromatic rings. The van der Waals surface area contributed by atoms with Crippen molar-refractivity contribution in [3.63, 3.8) is 0 Å². The van der Waals surface area contributed by atoms with Gasteiger partial charge in [0.1, 0.15) is 0 Å². The van der Waals surface area contributed by atoms with Crippen LogP contribution in [0.2, 0.25) is 0 Å². The summed E-state index contributed by atoms with van der Waals surface area (Å²) in [5, 5.41) is 0. The van der Waals surface area contributed by atoms with Crippen molar-refractivity contribution in [1.82, 2.24) is 0 Å². The first kappa shape index (κ1) is 17.3. The van der Waals surface area contributed by atoms with Gasteiger partial charge in [-0.15, -0.1) is 0 Å². The van der Waals surface area contributed by atoms with Gasteiger partial charge in [-0.25, -0.2) is 0 Å². The lowest BCUT2D eigenvalue weighted by atomic mass is 10.0. The van der Waals surface area contributed by atoms with Crippen molar-refractivity contribution >= 4 is 0 Å². The van der Waals surface area contributed by atoms with Crippen LogP contribution in [0.4, 0.5) is 0 Å². The molecule has 3 heteroatoms.